The lowest BCUT2D eigenvalue weighted by molar-refractivity contribution is -0.115. The second-order valence-electron chi connectivity index (χ2n) is 5.69. The highest BCUT2D eigenvalue weighted by Crippen LogP contribution is 2.36. The number of allylic oxidation sites excluding steroid dienone is 2. The Hall–Kier alpha value is -0.790. The number of hydrogen-bond acceptors (Lipinski definition) is 2. The number of rotatable bonds is 6. The van der Waals surface area contributed by atoms with Gasteiger partial charge < -0.3 is 4.90 Å². The van der Waals surface area contributed by atoms with Gasteiger partial charge in [0.2, 0.25) is 0 Å². The molecule has 0 spiro atoms. The van der Waals surface area contributed by atoms with E-state index in [1.165, 1.54) is 56.3 Å². The summed E-state index contributed by atoms with van der Waals surface area (Å²) >= 11 is 0. The highest BCUT2D eigenvalue weighted by atomic mass is 16.1. The van der Waals surface area contributed by atoms with Gasteiger partial charge in [-0.1, -0.05) is 26.7 Å². The van der Waals surface area contributed by atoms with E-state index in [0.717, 1.165) is 18.9 Å². The van der Waals surface area contributed by atoms with Crippen molar-refractivity contribution in [3.8, 4) is 0 Å². The minimum atomic E-state index is 0.395. The largest absolute Gasteiger partial charge is 0.372 e. The molecule has 0 aliphatic carbocycles. The van der Waals surface area contributed by atoms with Gasteiger partial charge in [-0.05, 0) is 38.5 Å². The first-order chi connectivity index (χ1) is 8.77. The third kappa shape index (κ3) is 2.78. The van der Waals surface area contributed by atoms with E-state index in [1.54, 1.807) is 0 Å². The number of fused-ring (bicyclic) bond motifs is 1. The molecule has 0 bridgehead atoms. The first-order valence-corrected chi connectivity index (χ1v) is 7.79. The van der Waals surface area contributed by atoms with Crippen LogP contribution in [0.25, 0.3) is 0 Å². The van der Waals surface area contributed by atoms with Crippen LogP contribution in [-0.2, 0) is 4.79 Å². The van der Waals surface area contributed by atoms with Gasteiger partial charge in [0.05, 0.1) is 0 Å². The number of carbonyl (C=O) groups excluding carboxylic acids is 1. The Morgan fingerprint density at radius 2 is 2.11 bits per heavy atom. The van der Waals surface area contributed by atoms with Gasteiger partial charge in [0.25, 0.3) is 0 Å². The fourth-order valence-electron chi connectivity index (χ4n) is 3.47. The van der Waals surface area contributed by atoms with E-state index >= 15 is 0 Å². The van der Waals surface area contributed by atoms with Gasteiger partial charge in [0.15, 0.2) is 5.78 Å². The smallest absolute Gasteiger partial charge is 0.160 e. The molecule has 0 N–H and O–H groups in total. The maximum Gasteiger partial charge on any atom is 0.160 e. The topological polar surface area (TPSA) is 20.3 Å². The third-order valence-corrected chi connectivity index (χ3v) is 4.47. The van der Waals surface area contributed by atoms with Crippen molar-refractivity contribution in [1.29, 1.82) is 0 Å². The molecule has 0 saturated carbocycles. The number of carbonyl (C=O) groups is 1. The van der Waals surface area contributed by atoms with Gasteiger partial charge in [-0.3, -0.25) is 4.79 Å². The molecular formula is C16H27NO. The summed E-state index contributed by atoms with van der Waals surface area (Å²) in [5, 5.41) is 0. The molecule has 1 atom stereocenters. The third-order valence-electron chi connectivity index (χ3n) is 4.47. The number of nitrogens with zero attached hydrogens (tertiary/aromatic N) is 1. The van der Waals surface area contributed by atoms with E-state index < -0.39 is 0 Å². The fraction of sp³-hybridized carbons (Fsp3) is 0.812. The molecule has 0 aromatic carbocycles. The van der Waals surface area contributed by atoms with Gasteiger partial charge in [0, 0.05) is 30.3 Å². The summed E-state index contributed by atoms with van der Waals surface area (Å²) in [5.74, 6) is 0.395. The molecule has 2 rings (SSSR count). The Kier molecular flexibility index (Phi) is 4.85. The lowest BCUT2D eigenvalue weighted by Crippen LogP contribution is -2.34. The Balaban J connectivity index is 2.15. The van der Waals surface area contributed by atoms with Gasteiger partial charge in [-0.25, -0.2) is 0 Å². The molecule has 18 heavy (non-hydrogen) atoms. The first-order valence-electron chi connectivity index (χ1n) is 7.79. The summed E-state index contributed by atoms with van der Waals surface area (Å²) in [5.41, 5.74) is 2.59. The molecule has 2 heteroatoms. The van der Waals surface area contributed by atoms with E-state index in [-0.39, 0.29) is 0 Å². The van der Waals surface area contributed by atoms with E-state index in [0.29, 0.717) is 12.2 Å². The average Bonchev–Trinajstić information content (AvgIpc) is 2.86. The Labute approximate surface area is 111 Å². The van der Waals surface area contributed by atoms with Gasteiger partial charge in [-0.15, -0.1) is 0 Å². The minimum absolute atomic E-state index is 0.395. The van der Waals surface area contributed by atoms with Crippen molar-refractivity contribution in [1.82, 2.24) is 4.90 Å². The zero-order valence-electron chi connectivity index (χ0n) is 12.0. The highest BCUT2D eigenvalue weighted by Gasteiger charge is 2.32. The highest BCUT2D eigenvalue weighted by molar-refractivity contribution is 5.95. The molecule has 0 aromatic rings. The van der Waals surface area contributed by atoms with Gasteiger partial charge >= 0.3 is 0 Å². The van der Waals surface area contributed by atoms with E-state index in [1.807, 2.05) is 6.92 Å². The zero-order valence-corrected chi connectivity index (χ0v) is 12.0. The minimum Gasteiger partial charge on any atom is -0.372 e. The Morgan fingerprint density at radius 1 is 1.28 bits per heavy atom. The molecule has 0 radical (unpaired) electrons. The summed E-state index contributed by atoms with van der Waals surface area (Å²) in [4.78, 5) is 14.7. The zero-order chi connectivity index (χ0) is 13.0. The van der Waals surface area contributed by atoms with Gasteiger partial charge in [-0.2, -0.15) is 0 Å². The van der Waals surface area contributed by atoms with Gasteiger partial charge in [0.1, 0.15) is 0 Å². The normalized spacial score (nSPS) is 23.4. The fourth-order valence-corrected chi connectivity index (χ4v) is 3.47. The van der Waals surface area contributed by atoms with E-state index in [2.05, 4.69) is 11.8 Å². The molecule has 1 fully saturated rings. The number of hydrogen-bond donors (Lipinski definition) is 0. The monoisotopic (exact) mass is 249 g/mol. The standard InChI is InChI=1S/C16H27NO/c1-3-5-6-9-15-14(16(18)4-2)11-10-13-8-7-12-17(13)15/h13H,3-12H2,1-2H3/t13-/m1/s1. The molecule has 2 aliphatic rings. The van der Waals surface area contributed by atoms with Crippen molar-refractivity contribution < 1.29 is 4.79 Å². The molecule has 2 heterocycles. The van der Waals surface area contributed by atoms with Crippen molar-refractivity contribution in [3.05, 3.63) is 11.3 Å². The van der Waals surface area contributed by atoms with Crippen molar-refractivity contribution in [2.75, 3.05) is 6.54 Å². The molecule has 0 unspecified atom stereocenters. The summed E-state index contributed by atoms with van der Waals surface area (Å²) in [6.07, 6.45) is 10.5. The molecule has 102 valence electrons. The van der Waals surface area contributed by atoms with Crippen LogP contribution in [0.2, 0.25) is 0 Å². The Bertz CT molecular complexity index is 332. The first kappa shape index (κ1) is 13.6. The van der Waals surface area contributed by atoms with Crippen LogP contribution in [0.3, 0.4) is 0 Å². The Morgan fingerprint density at radius 3 is 2.83 bits per heavy atom. The van der Waals surface area contributed by atoms with Crippen LogP contribution in [0.15, 0.2) is 11.3 Å². The molecular weight excluding hydrogens is 222 g/mol. The van der Waals surface area contributed by atoms with Crippen molar-refractivity contribution in [3.63, 3.8) is 0 Å². The van der Waals surface area contributed by atoms with Crippen molar-refractivity contribution >= 4 is 5.78 Å². The quantitative estimate of drug-likeness (QED) is 0.662. The lowest BCUT2D eigenvalue weighted by Gasteiger charge is -2.36. The van der Waals surface area contributed by atoms with Crippen LogP contribution in [0.1, 0.15) is 71.6 Å². The second kappa shape index (κ2) is 6.40. The molecule has 1 saturated heterocycles. The molecule has 2 aliphatic heterocycles. The summed E-state index contributed by atoms with van der Waals surface area (Å²) in [6, 6.07) is 0.745. The van der Waals surface area contributed by atoms with Crippen molar-refractivity contribution in [2.45, 2.75) is 77.7 Å². The van der Waals surface area contributed by atoms with Crippen LogP contribution in [-0.4, -0.2) is 23.3 Å². The summed E-state index contributed by atoms with van der Waals surface area (Å²) < 4.78 is 0. The van der Waals surface area contributed by atoms with E-state index in [9.17, 15) is 4.79 Å². The summed E-state index contributed by atoms with van der Waals surface area (Å²) in [7, 11) is 0. The van der Waals surface area contributed by atoms with Crippen LogP contribution >= 0.6 is 0 Å². The predicted molar refractivity (Wildman–Crippen MR) is 75.4 cm³/mol. The number of Topliss-reactive ketones (excluding diaryl/α,β-unsaturated/α-hetero) is 1. The maximum atomic E-state index is 12.1. The van der Waals surface area contributed by atoms with Crippen LogP contribution in [0.4, 0.5) is 0 Å². The maximum absolute atomic E-state index is 12.1. The summed E-state index contributed by atoms with van der Waals surface area (Å²) in [6.45, 7) is 5.42. The molecule has 2 nitrogen and oxygen atoms in total. The predicted octanol–water partition coefficient (Wildman–Crippen LogP) is 4.06. The van der Waals surface area contributed by atoms with Crippen LogP contribution < -0.4 is 0 Å². The SMILES string of the molecule is CCCCCC1=C(C(=O)CC)CC[C@H]2CCCN12. The number of unbranched alkanes of at least 4 members (excludes halogenated alkanes) is 2. The van der Waals surface area contributed by atoms with Crippen LogP contribution in [0, 0.1) is 0 Å². The molecule has 0 aromatic heterocycles. The number of ketones is 1. The van der Waals surface area contributed by atoms with E-state index in [4.69, 9.17) is 0 Å². The lowest BCUT2D eigenvalue weighted by atomic mass is 9.91. The molecule has 0 amide bonds. The second-order valence-corrected chi connectivity index (χ2v) is 5.69. The van der Waals surface area contributed by atoms with Crippen LogP contribution in [0.5, 0.6) is 0 Å². The average molecular weight is 249 g/mol. The van der Waals surface area contributed by atoms with Crippen molar-refractivity contribution in [2.24, 2.45) is 0 Å².